The van der Waals surface area contributed by atoms with E-state index in [2.05, 4.69) is 29.6 Å². The second kappa shape index (κ2) is 5.41. The molecule has 0 aliphatic heterocycles. The Morgan fingerprint density at radius 2 is 1.61 bits per heavy atom. The molecule has 2 unspecified atom stereocenters. The van der Waals surface area contributed by atoms with Crippen LogP contribution < -0.4 is 11.1 Å². The Morgan fingerprint density at radius 3 is 2.33 bits per heavy atom. The van der Waals surface area contributed by atoms with Crippen molar-refractivity contribution in [3.8, 4) is 0 Å². The zero-order valence-corrected chi connectivity index (χ0v) is 11.1. The first-order valence-corrected chi connectivity index (χ1v) is 7.45. The SMILES string of the molecule is NC1CC(NC2CCCCCC2)c2ccccc21. The third kappa shape index (κ3) is 2.45. The summed E-state index contributed by atoms with van der Waals surface area (Å²) in [7, 11) is 0. The molecule has 98 valence electrons. The van der Waals surface area contributed by atoms with Crippen molar-refractivity contribution < 1.29 is 0 Å². The number of rotatable bonds is 2. The van der Waals surface area contributed by atoms with Gasteiger partial charge in [-0.1, -0.05) is 49.9 Å². The summed E-state index contributed by atoms with van der Waals surface area (Å²) in [6, 6.07) is 10.1. The fourth-order valence-electron chi connectivity index (χ4n) is 3.56. The van der Waals surface area contributed by atoms with Gasteiger partial charge >= 0.3 is 0 Å². The maximum absolute atomic E-state index is 6.23. The molecule has 2 heteroatoms. The number of benzene rings is 1. The summed E-state index contributed by atoms with van der Waals surface area (Å²) in [6.45, 7) is 0. The third-order valence-electron chi connectivity index (χ3n) is 4.55. The molecule has 0 saturated heterocycles. The molecule has 2 atom stereocenters. The summed E-state index contributed by atoms with van der Waals surface area (Å²) in [6.07, 6.45) is 9.35. The standard InChI is InChI=1S/C16H24N2/c17-15-11-16(14-10-6-5-9-13(14)15)18-12-7-3-1-2-4-8-12/h5-6,9-10,12,15-16,18H,1-4,7-8,11,17H2. The zero-order valence-electron chi connectivity index (χ0n) is 11.1. The lowest BCUT2D eigenvalue weighted by Gasteiger charge is -2.22. The van der Waals surface area contributed by atoms with E-state index in [-0.39, 0.29) is 6.04 Å². The summed E-state index contributed by atoms with van der Waals surface area (Å²) < 4.78 is 0. The number of nitrogens with two attached hydrogens (primary N) is 1. The molecule has 2 aliphatic rings. The Labute approximate surface area is 110 Å². The van der Waals surface area contributed by atoms with Crippen LogP contribution >= 0.6 is 0 Å². The maximum Gasteiger partial charge on any atom is 0.0344 e. The molecule has 18 heavy (non-hydrogen) atoms. The van der Waals surface area contributed by atoms with Crippen LogP contribution in [-0.4, -0.2) is 6.04 Å². The molecular formula is C16H24N2. The van der Waals surface area contributed by atoms with Gasteiger partial charge in [-0.25, -0.2) is 0 Å². The molecule has 1 aromatic carbocycles. The number of fused-ring (bicyclic) bond motifs is 1. The van der Waals surface area contributed by atoms with Crippen molar-refractivity contribution in [2.45, 2.75) is 63.1 Å². The summed E-state index contributed by atoms with van der Waals surface area (Å²) >= 11 is 0. The highest BCUT2D eigenvalue weighted by Gasteiger charge is 2.29. The first-order chi connectivity index (χ1) is 8.84. The highest BCUT2D eigenvalue weighted by molar-refractivity contribution is 5.37. The van der Waals surface area contributed by atoms with E-state index in [9.17, 15) is 0 Å². The van der Waals surface area contributed by atoms with Gasteiger partial charge in [-0.2, -0.15) is 0 Å². The molecule has 3 N–H and O–H groups in total. The molecule has 1 fully saturated rings. The topological polar surface area (TPSA) is 38.0 Å². The molecule has 3 rings (SSSR count). The van der Waals surface area contributed by atoms with Crippen LogP contribution in [0.2, 0.25) is 0 Å². The van der Waals surface area contributed by atoms with E-state index in [0.29, 0.717) is 12.1 Å². The molecule has 0 spiro atoms. The number of nitrogens with one attached hydrogen (secondary N) is 1. The van der Waals surface area contributed by atoms with E-state index in [1.165, 1.54) is 49.7 Å². The van der Waals surface area contributed by atoms with Gasteiger partial charge in [-0.15, -0.1) is 0 Å². The summed E-state index contributed by atoms with van der Waals surface area (Å²) in [5.74, 6) is 0. The second-order valence-electron chi connectivity index (χ2n) is 5.88. The summed E-state index contributed by atoms with van der Waals surface area (Å²) in [5.41, 5.74) is 9.02. The first-order valence-electron chi connectivity index (χ1n) is 7.45. The molecule has 0 radical (unpaired) electrons. The second-order valence-corrected chi connectivity index (χ2v) is 5.88. The monoisotopic (exact) mass is 244 g/mol. The normalized spacial score (nSPS) is 28.9. The van der Waals surface area contributed by atoms with Crippen molar-refractivity contribution in [1.29, 1.82) is 0 Å². The molecule has 0 amide bonds. The quantitative estimate of drug-likeness (QED) is 0.782. The van der Waals surface area contributed by atoms with Gasteiger partial charge in [0, 0.05) is 18.1 Å². The Morgan fingerprint density at radius 1 is 0.944 bits per heavy atom. The average Bonchev–Trinajstić information content (AvgIpc) is 2.58. The van der Waals surface area contributed by atoms with Gasteiger partial charge in [0.2, 0.25) is 0 Å². The van der Waals surface area contributed by atoms with Gasteiger partial charge in [-0.05, 0) is 30.4 Å². The van der Waals surface area contributed by atoms with Crippen molar-refractivity contribution in [1.82, 2.24) is 5.32 Å². The van der Waals surface area contributed by atoms with Gasteiger partial charge in [0.25, 0.3) is 0 Å². The molecule has 2 aliphatic carbocycles. The van der Waals surface area contributed by atoms with Crippen LogP contribution in [0.3, 0.4) is 0 Å². The van der Waals surface area contributed by atoms with E-state index in [1.54, 1.807) is 0 Å². The van der Waals surface area contributed by atoms with Crippen molar-refractivity contribution in [2.24, 2.45) is 5.73 Å². The van der Waals surface area contributed by atoms with Crippen molar-refractivity contribution in [3.05, 3.63) is 35.4 Å². The largest absolute Gasteiger partial charge is 0.324 e. The summed E-state index contributed by atoms with van der Waals surface area (Å²) in [4.78, 5) is 0. The lowest BCUT2D eigenvalue weighted by Crippen LogP contribution is -2.31. The highest BCUT2D eigenvalue weighted by Crippen LogP contribution is 2.37. The van der Waals surface area contributed by atoms with Crippen molar-refractivity contribution in [2.75, 3.05) is 0 Å². The lowest BCUT2D eigenvalue weighted by molar-refractivity contribution is 0.387. The zero-order chi connectivity index (χ0) is 12.4. The number of hydrogen-bond acceptors (Lipinski definition) is 2. The van der Waals surface area contributed by atoms with Crippen LogP contribution in [-0.2, 0) is 0 Å². The van der Waals surface area contributed by atoms with Crippen LogP contribution in [0.25, 0.3) is 0 Å². The van der Waals surface area contributed by atoms with E-state index in [4.69, 9.17) is 5.73 Å². The molecule has 2 nitrogen and oxygen atoms in total. The van der Waals surface area contributed by atoms with Crippen LogP contribution in [0.1, 0.15) is 68.2 Å². The average molecular weight is 244 g/mol. The highest BCUT2D eigenvalue weighted by atomic mass is 15.0. The van der Waals surface area contributed by atoms with Crippen LogP contribution in [0.5, 0.6) is 0 Å². The van der Waals surface area contributed by atoms with Crippen molar-refractivity contribution >= 4 is 0 Å². The fourth-order valence-corrected chi connectivity index (χ4v) is 3.56. The van der Waals surface area contributed by atoms with Gasteiger partial charge in [-0.3, -0.25) is 0 Å². The first kappa shape index (κ1) is 12.2. The smallest absolute Gasteiger partial charge is 0.0344 e. The molecule has 0 heterocycles. The summed E-state index contributed by atoms with van der Waals surface area (Å²) in [5, 5.41) is 3.86. The van der Waals surface area contributed by atoms with Crippen molar-refractivity contribution in [3.63, 3.8) is 0 Å². The molecule has 0 aromatic heterocycles. The van der Waals surface area contributed by atoms with E-state index in [0.717, 1.165) is 6.42 Å². The Hall–Kier alpha value is -0.860. The van der Waals surface area contributed by atoms with Gasteiger partial charge in [0.1, 0.15) is 0 Å². The molecule has 1 aromatic rings. The minimum Gasteiger partial charge on any atom is -0.324 e. The Bertz CT molecular complexity index is 394. The maximum atomic E-state index is 6.23. The fraction of sp³-hybridized carbons (Fsp3) is 0.625. The lowest BCUT2D eigenvalue weighted by atomic mass is 10.0. The third-order valence-corrected chi connectivity index (χ3v) is 4.55. The van der Waals surface area contributed by atoms with Gasteiger partial charge < -0.3 is 11.1 Å². The van der Waals surface area contributed by atoms with Crippen LogP contribution in [0.4, 0.5) is 0 Å². The molecule has 1 saturated carbocycles. The minimum atomic E-state index is 0.226. The van der Waals surface area contributed by atoms with E-state index in [1.807, 2.05) is 0 Å². The predicted molar refractivity (Wildman–Crippen MR) is 75.4 cm³/mol. The van der Waals surface area contributed by atoms with Crippen LogP contribution in [0.15, 0.2) is 24.3 Å². The molecule has 0 bridgehead atoms. The Balaban J connectivity index is 1.70. The van der Waals surface area contributed by atoms with E-state index < -0.39 is 0 Å². The Kier molecular flexibility index (Phi) is 3.67. The predicted octanol–water partition coefficient (Wildman–Crippen LogP) is 3.44. The van der Waals surface area contributed by atoms with E-state index >= 15 is 0 Å². The minimum absolute atomic E-state index is 0.226. The van der Waals surface area contributed by atoms with Gasteiger partial charge in [0.05, 0.1) is 0 Å². The van der Waals surface area contributed by atoms with Crippen LogP contribution in [0, 0.1) is 0 Å². The molecular weight excluding hydrogens is 220 g/mol. The number of hydrogen-bond donors (Lipinski definition) is 2. The van der Waals surface area contributed by atoms with Gasteiger partial charge in [0.15, 0.2) is 0 Å².